The van der Waals surface area contributed by atoms with Crippen LogP contribution in [0.3, 0.4) is 0 Å². The molecule has 0 aliphatic rings. The molecule has 2 aromatic carbocycles. The third-order valence-electron chi connectivity index (χ3n) is 2.94. The molecule has 0 fully saturated rings. The second-order valence-corrected chi connectivity index (χ2v) is 4.40. The average molecular weight is 289 g/mol. The Kier molecular flexibility index (Phi) is 4.39. The van der Waals surface area contributed by atoms with Crippen LogP contribution >= 0.6 is 0 Å². The highest BCUT2D eigenvalue weighted by Gasteiger charge is 2.16. The fraction of sp³-hybridized carbons (Fsp3) is 0.200. The Morgan fingerprint density at radius 1 is 1.14 bits per heavy atom. The number of rotatable bonds is 5. The molecule has 6 heteroatoms. The highest BCUT2D eigenvalue weighted by Crippen LogP contribution is 2.36. The summed E-state index contributed by atoms with van der Waals surface area (Å²) < 4.78 is 10.9. The third-order valence-corrected chi connectivity index (χ3v) is 2.94. The molecule has 0 saturated heterocycles. The smallest absolute Gasteiger partial charge is 0.269 e. The van der Waals surface area contributed by atoms with Gasteiger partial charge in [-0.1, -0.05) is 6.07 Å². The molecule has 0 saturated carbocycles. The SMILES string of the molecule is COc1cccc(Oc2ccc([N+](=O)[O-])cc2)c1C(C)O. The Bertz CT molecular complexity index is 637. The Morgan fingerprint density at radius 2 is 1.76 bits per heavy atom. The molecule has 2 aromatic rings. The predicted molar refractivity (Wildman–Crippen MR) is 76.8 cm³/mol. The summed E-state index contributed by atoms with van der Waals surface area (Å²) in [5, 5.41) is 20.5. The first-order valence-corrected chi connectivity index (χ1v) is 6.30. The van der Waals surface area contributed by atoms with Crippen LogP contribution in [0.15, 0.2) is 42.5 Å². The van der Waals surface area contributed by atoms with Crippen molar-refractivity contribution in [3.8, 4) is 17.2 Å². The van der Waals surface area contributed by atoms with Crippen molar-refractivity contribution in [1.29, 1.82) is 0 Å². The number of nitro benzene ring substituents is 1. The Hall–Kier alpha value is -2.60. The molecule has 1 unspecified atom stereocenters. The second kappa shape index (κ2) is 6.23. The van der Waals surface area contributed by atoms with Crippen LogP contribution in [0, 0.1) is 10.1 Å². The molecule has 0 amide bonds. The minimum atomic E-state index is -0.769. The van der Waals surface area contributed by atoms with Gasteiger partial charge in [-0.2, -0.15) is 0 Å². The molecule has 0 aliphatic heterocycles. The van der Waals surface area contributed by atoms with Crippen molar-refractivity contribution in [2.24, 2.45) is 0 Å². The summed E-state index contributed by atoms with van der Waals surface area (Å²) in [7, 11) is 1.51. The van der Waals surface area contributed by atoms with E-state index in [2.05, 4.69) is 0 Å². The quantitative estimate of drug-likeness (QED) is 0.673. The molecule has 6 nitrogen and oxygen atoms in total. The summed E-state index contributed by atoms with van der Waals surface area (Å²) in [6, 6.07) is 10.9. The monoisotopic (exact) mass is 289 g/mol. The normalized spacial score (nSPS) is 11.8. The lowest BCUT2D eigenvalue weighted by atomic mass is 10.1. The van der Waals surface area contributed by atoms with Gasteiger partial charge in [0.15, 0.2) is 0 Å². The largest absolute Gasteiger partial charge is 0.496 e. The number of hydrogen-bond acceptors (Lipinski definition) is 5. The lowest BCUT2D eigenvalue weighted by molar-refractivity contribution is -0.384. The van der Waals surface area contributed by atoms with Crippen LogP contribution in [-0.4, -0.2) is 17.1 Å². The van der Waals surface area contributed by atoms with Crippen LogP contribution in [0.5, 0.6) is 17.2 Å². The summed E-state index contributed by atoms with van der Waals surface area (Å²) in [6.07, 6.45) is -0.769. The van der Waals surface area contributed by atoms with Crippen molar-refractivity contribution in [1.82, 2.24) is 0 Å². The van der Waals surface area contributed by atoms with Crippen LogP contribution in [-0.2, 0) is 0 Å². The molecule has 0 spiro atoms. The second-order valence-electron chi connectivity index (χ2n) is 4.40. The maximum absolute atomic E-state index is 10.6. The molecular weight excluding hydrogens is 274 g/mol. The molecule has 0 radical (unpaired) electrons. The van der Waals surface area contributed by atoms with Gasteiger partial charge in [-0.3, -0.25) is 10.1 Å². The first-order valence-electron chi connectivity index (χ1n) is 6.30. The van der Waals surface area contributed by atoms with Gasteiger partial charge in [0.1, 0.15) is 17.2 Å². The number of benzene rings is 2. The highest BCUT2D eigenvalue weighted by atomic mass is 16.6. The number of aliphatic hydroxyl groups is 1. The van der Waals surface area contributed by atoms with Gasteiger partial charge in [0, 0.05) is 12.1 Å². The highest BCUT2D eigenvalue weighted by molar-refractivity contribution is 5.48. The Labute approximate surface area is 121 Å². The van der Waals surface area contributed by atoms with Gasteiger partial charge in [-0.15, -0.1) is 0 Å². The van der Waals surface area contributed by atoms with Crippen molar-refractivity contribution in [3.63, 3.8) is 0 Å². The zero-order valence-electron chi connectivity index (χ0n) is 11.6. The van der Waals surface area contributed by atoms with Crippen LogP contribution in [0.25, 0.3) is 0 Å². The maximum atomic E-state index is 10.6. The van der Waals surface area contributed by atoms with Crippen molar-refractivity contribution in [2.45, 2.75) is 13.0 Å². The van der Waals surface area contributed by atoms with Gasteiger partial charge in [-0.05, 0) is 31.2 Å². The van der Waals surface area contributed by atoms with E-state index in [4.69, 9.17) is 9.47 Å². The number of ether oxygens (including phenoxy) is 2. The Morgan fingerprint density at radius 3 is 2.29 bits per heavy atom. The number of methoxy groups -OCH3 is 1. The average Bonchev–Trinajstić information content (AvgIpc) is 2.47. The summed E-state index contributed by atoms with van der Waals surface area (Å²) in [6.45, 7) is 1.61. The van der Waals surface area contributed by atoms with Gasteiger partial charge in [0.2, 0.25) is 0 Å². The van der Waals surface area contributed by atoms with Gasteiger partial charge in [0.05, 0.1) is 23.7 Å². The van der Waals surface area contributed by atoms with Crippen molar-refractivity contribution in [2.75, 3.05) is 7.11 Å². The lowest BCUT2D eigenvalue weighted by Crippen LogP contribution is -2.00. The lowest BCUT2D eigenvalue weighted by Gasteiger charge is -2.16. The Balaban J connectivity index is 2.33. The van der Waals surface area contributed by atoms with Crippen molar-refractivity contribution < 1.29 is 19.5 Å². The summed E-state index contributed by atoms with van der Waals surface area (Å²) in [5.41, 5.74) is 0.516. The first-order chi connectivity index (χ1) is 10.0. The summed E-state index contributed by atoms with van der Waals surface area (Å²) in [5.74, 6) is 1.40. The standard InChI is InChI=1S/C15H15NO5/c1-10(17)15-13(20-2)4-3-5-14(15)21-12-8-6-11(7-9-12)16(18)19/h3-10,17H,1-2H3. The molecule has 1 N–H and O–H groups in total. The van der Waals surface area contributed by atoms with E-state index in [1.165, 1.54) is 31.4 Å². The molecule has 110 valence electrons. The number of nitrogens with zero attached hydrogens (tertiary/aromatic N) is 1. The fourth-order valence-corrected chi connectivity index (χ4v) is 1.97. The number of non-ortho nitro benzene ring substituents is 1. The van der Waals surface area contributed by atoms with E-state index < -0.39 is 11.0 Å². The molecule has 0 aliphatic carbocycles. The zero-order chi connectivity index (χ0) is 15.4. The van der Waals surface area contributed by atoms with Crippen LogP contribution in [0.1, 0.15) is 18.6 Å². The molecule has 0 heterocycles. The van der Waals surface area contributed by atoms with E-state index in [9.17, 15) is 15.2 Å². The topological polar surface area (TPSA) is 81.8 Å². The van der Waals surface area contributed by atoms with Crippen LogP contribution in [0.4, 0.5) is 5.69 Å². The zero-order valence-corrected chi connectivity index (χ0v) is 11.6. The number of hydrogen-bond donors (Lipinski definition) is 1. The molecular formula is C15H15NO5. The van der Waals surface area contributed by atoms with Crippen molar-refractivity contribution >= 4 is 5.69 Å². The summed E-state index contributed by atoms with van der Waals surface area (Å²) >= 11 is 0. The molecule has 21 heavy (non-hydrogen) atoms. The first kappa shape index (κ1) is 14.8. The third kappa shape index (κ3) is 3.29. The molecule has 0 aromatic heterocycles. The van der Waals surface area contributed by atoms with Gasteiger partial charge >= 0.3 is 0 Å². The van der Waals surface area contributed by atoms with E-state index in [0.29, 0.717) is 22.8 Å². The number of nitro groups is 1. The van der Waals surface area contributed by atoms with Crippen LogP contribution < -0.4 is 9.47 Å². The molecule has 1 atom stereocenters. The van der Waals surface area contributed by atoms with E-state index in [1.807, 2.05) is 0 Å². The number of aliphatic hydroxyl groups excluding tert-OH is 1. The van der Waals surface area contributed by atoms with Gasteiger partial charge in [-0.25, -0.2) is 0 Å². The maximum Gasteiger partial charge on any atom is 0.269 e. The van der Waals surface area contributed by atoms with E-state index in [1.54, 1.807) is 25.1 Å². The minimum absolute atomic E-state index is 0.0104. The predicted octanol–water partition coefficient (Wildman–Crippen LogP) is 3.45. The molecule has 0 bridgehead atoms. The van der Waals surface area contributed by atoms with Gasteiger partial charge in [0.25, 0.3) is 5.69 Å². The molecule has 2 rings (SSSR count). The fourth-order valence-electron chi connectivity index (χ4n) is 1.97. The van der Waals surface area contributed by atoms with E-state index in [-0.39, 0.29) is 5.69 Å². The van der Waals surface area contributed by atoms with Crippen molar-refractivity contribution in [3.05, 3.63) is 58.1 Å². The van der Waals surface area contributed by atoms with E-state index >= 15 is 0 Å². The van der Waals surface area contributed by atoms with Gasteiger partial charge < -0.3 is 14.6 Å². The summed E-state index contributed by atoms with van der Waals surface area (Å²) in [4.78, 5) is 10.1. The minimum Gasteiger partial charge on any atom is -0.496 e. The van der Waals surface area contributed by atoms with Crippen LogP contribution in [0.2, 0.25) is 0 Å². The van der Waals surface area contributed by atoms with E-state index in [0.717, 1.165) is 0 Å².